The van der Waals surface area contributed by atoms with Gasteiger partial charge in [-0.05, 0) is 49.8 Å². The summed E-state index contributed by atoms with van der Waals surface area (Å²) in [6.45, 7) is 5.30. The predicted molar refractivity (Wildman–Crippen MR) is 171 cm³/mol. The van der Waals surface area contributed by atoms with Gasteiger partial charge in [0.25, 0.3) is 11.6 Å². The number of ketones is 1. The second kappa shape index (κ2) is 15.0. The first-order valence-corrected chi connectivity index (χ1v) is 15.6. The summed E-state index contributed by atoms with van der Waals surface area (Å²) in [5.74, 6) is -3.33. The van der Waals surface area contributed by atoms with E-state index in [4.69, 9.17) is 0 Å². The van der Waals surface area contributed by atoms with Crippen molar-refractivity contribution < 1.29 is 33.7 Å². The van der Waals surface area contributed by atoms with Gasteiger partial charge < -0.3 is 26.2 Å². The summed E-state index contributed by atoms with van der Waals surface area (Å²) in [6.07, 6.45) is 1.09. The van der Waals surface area contributed by atoms with Crippen LogP contribution in [-0.2, 0) is 35.2 Å². The summed E-state index contributed by atoms with van der Waals surface area (Å²) in [6, 6.07) is 11.3. The van der Waals surface area contributed by atoms with Crippen molar-refractivity contribution in [3.05, 3.63) is 70.3 Å². The van der Waals surface area contributed by atoms with Gasteiger partial charge in [0.2, 0.25) is 23.6 Å². The van der Waals surface area contributed by atoms with Gasteiger partial charge in [0.05, 0.1) is 4.92 Å². The maximum absolute atomic E-state index is 13.9. The maximum Gasteiger partial charge on any atom is 0.269 e. The van der Waals surface area contributed by atoms with E-state index >= 15 is 0 Å². The Bertz CT molecular complexity index is 1530. The minimum atomic E-state index is -1.81. The second-order valence-electron chi connectivity index (χ2n) is 12.5. The Hall–Kier alpha value is -5.14. The number of nitro benzene ring substituents is 1. The van der Waals surface area contributed by atoms with E-state index in [0.717, 1.165) is 5.56 Å². The summed E-state index contributed by atoms with van der Waals surface area (Å²) in [7, 11) is 0. The van der Waals surface area contributed by atoms with Gasteiger partial charge >= 0.3 is 0 Å². The van der Waals surface area contributed by atoms with E-state index in [-0.39, 0.29) is 43.8 Å². The summed E-state index contributed by atoms with van der Waals surface area (Å²) in [5.41, 5.74) is -0.874. The maximum atomic E-state index is 13.9. The molecule has 0 bridgehead atoms. The summed E-state index contributed by atoms with van der Waals surface area (Å²) in [5, 5.41) is 21.6. The van der Waals surface area contributed by atoms with Crippen LogP contribution in [-0.4, -0.2) is 75.4 Å². The van der Waals surface area contributed by atoms with Crippen LogP contribution < -0.4 is 21.3 Å². The van der Waals surface area contributed by atoms with Gasteiger partial charge in [-0.2, -0.15) is 0 Å². The molecule has 2 heterocycles. The first kappa shape index (κ1) is 34.7. The molecule has 47 heavy (non-hydrogen) atoms. The molecule has 2 aliphatic rings. The number of hydrogen-bond donors (Lipinski definition) is 4. The lowest BCUT2D eigenvalue weighted by Crippen LogP contribution is -2.66. The second-order valence-corrected chi connectivity index (χ2v) is 12.5. The SMILES string of the molecule is CC(C)C[C@H](NC(=O)[C@]1(C)NC(=O)CCC1=O)C(=O)N1CCC[C@H]1C(=O)N[C@@H](Cc1ccccc1)C(=O)Nc1ccc([N+](=O)[O-])cc1. The van der Waals surface area contributed by atoms with E-state index in [1.807, 2.05) is 32.0 Å². The molecule has 4 rings (SSSR count). The highest BCUT2D eigenvalue weighted by Gasteiger charge is 2.47. The van der Waals surface area contributed by atoms with Crippen molar-refractivity contribution in [2.45, 2.75) is 83.0 Å². The Kier molecular flexibility index (Phi) is 11.1. The molecule has 14 heteroatoms. The standard InChI is InChI=1S/C33H40N6O8/c1-20(2)18-25(36-32(45)33(3)27(40)15-16-28(41)37-33)31(44)38-17-7-10-26(38)30(43)35-24(19-21-8-5-4-6-9-21)29(42)34-22-11-13-23(14-12-22)39(46)47/h4-6,8-9,11-14,20,24-26H,7,10,15-19H2,1-3H3,(H,34,42)(H,35,43)(H,36,45)(H,37,41)/t24-,25-,26-,33+/m0/s1. The smallest absolute Gasteiger partial charge is 0.269 e. The Morgan fingerprint density at radius 3 is 2.32 bits per heavy atom. The van der Waals surface area contributed by atoms with Crippen LogP contribution in [0.15, 0.2) is 54.6 Å². The third-order valence-electron chi connectivity index (χ3n) is 8.39. The van der Waals surface area contributed by atoms with Gasteiger partial charge in [0, 0.05) is 43.6 Å². The van der Waals surface area contributed by atoms with Gasteiger partial charge in [0.15, 0.2) is 11.3 Å². The lowest BCUT2D eigenvalue weighted by atomic mass is 9.87. The van der Waals surface area contributed by atoms with Crippen molar-refractivity contribution in [3.63, 3.8) is 0 Å². The van der Waals surface area contributed by atoms with Crippen LogP contribution >= 0.6 is 0 Å². The van der Waals surface area contributed by atoms with E-state index in [9.17, 15) is 38.9 Å². The zero-order chi connectivity index (χ0) is 34.3. The number of carbonyl (C=O) groups excluding carboxylic acids is 6. The molecule has 2 fully saturated rings. The molecule has 0 spiro atoms. The van der Waals surface area contributed by atoms with Crippen molar-refractivity contribution in [3.8, 4) is 0 Å². The minimum Gasteiger partial charge on any atom is -0.342 e. The van der Waals surface area contributed by atoms with Crippen molar-refractivity contribution >= 4 is 46.7 Å². The van der Waals surface area contributed by atoms with Gasteiger partial charge in [-0.1, -0.05) is 44.2 Å². The van der Waals surface area contributed by atoms with Crippen LogP contribution in [0.3, 0.4) is 0 Å². The molecule has 0 saturated carbocycles. The number of hydrogen-bond acceptors (Lipinski definition) is 8. The first-order chi connectivity index (χ1) is 22.3. The van der Waals surface area contributed by atoms with Crippen LogP contribution in [0, 0.1) is 16.0 Å². The number of likely N-dealkylation sites (tertiary alicyclic amines) is 1. The number of carbonyl (C=O) groups is 6. The molecule has 2 aromatic rings. The van der Waals surface area contributed by atoms with E-state index < -0.39 is 63.9 Å². The van der Waals surface area contributed by atoms with Crippen molar-refractivity contribution in [2.24, 2.45) is 5.92 Å². The molecule has 0 unspecified atom stereocenters. The zero-order valence-electron chi connectivity index (χ0n) is 26.6. The number of piperidine rings is 1. The van der Waals surface area contributed by atoms with Crippen LogP contribution in [0.2, 0.25) is 0 Å². The normalized spacial score (nSPS) is 20.6. The van der Waals surface area contributed by atoms with Gasteiger partial charge in [-0.3, -0.25) is 38.9 Å². The van der Waals surface area contributed by atoms with Crippen LogP contribution in [0.1, 0.15) is 58.4 Å². The molecule has 0 aromatic heterocycles. The van der Waals surface area contributed by atoms with Gasteiger partial charge in [0.1, 0.15) is 18.1 Å². The summed E-state index contributed by atoms with van der Waals surface area (Å²) in [4.78, 5) is 90.9. The van der Waals surface area contributed by atoms with Gasteiger partial charge in [-0.15, -0.1) is 0 Å². The number of nitro groups is 1. The van der Waals surface area contributed by atoms with Crippen molar-refractivity contribution in [1.29, 1.82) is 0 Å². The monoisotopic (exact) mass is 648 g/mol. The number of non-ortho nitro benzene ring substituents is 1. The highest BCUT2D eigenvalue weighted by Crippen LogP contribution is 2.23. The number of anilines is 1. The molecule has 0 radical (unpaired) electrons. The van der Waals surface area contributed by atoms with Crippen LogP contribution in [0.5, 0.6) is 0 Å². The molecule has 250 valence electrons. The molecule has 5 amide bonds. The quantitative estimate of drug-likeness (QED) is 0.152. The van der Waals surface area contributed by atoms with Gasteiger partial charge in [-0.25, -0.2) is 0 Å². The van der Waals surface area contributed by atoms with Crippen molar-refractivity contribution in [1.82, 2.24) is 20.9 Å². The fourth-order valence-corrected chi connectivity index (χ4v) is 5.79. The Morgan fingerprint density at radius 1 is 1.00 bits per heavy atom. The van der Waals surface area contributed by atoms with E-state index in [2.05, 4.69) is 21.3 Å². The molecule has 4 N–H and O–H groups in total. The van der Waals surface area contributed by atoms with Crippen molar-refractivity contribution in [2.75, 3.05) is 11.9 Å². The molecule has 0 aliphatic carbocycles. The number of benzene rings is 2. The third-order valence-corrected chi connectivity index (χ3v) is 8.39. The fraction of sp³-hybridized carbons (Fsp3) is 0.455. The average Bonchev–Trinajstić information content (AvgIpc) is 3.53. The number of amides is 5. The van der Waals surface area contributed by atoms with E-state index in [0.29, 0.717) is 18.5 Å². The van der Waals surface area contributed by atoms with Crippen LogP contribution in [0.4, 0.5) is 11.4 Å². The lowest BCUT2D eigenvalue weighted by Gasteiger charge is -2.35. The third kappa shape index (κ3) is 8.57. The fourth-order valence-electron chi connectivity index (χ4n) is 5.79. The summed E-state index contributed by atoms with van der Waals surface area (Å²) < 4.78 is 0. The molecule has 14 nitrogen and oxygen atoms in total. The Morgan fingerprint density at radius 2 is 1.68 bits per heavy atom. The number of rotatable bonds is 12. The highest BCUT2D eigenvalue weighted by atomic mass is 16.6. The topological polar surface area (TPSA) is 197 Å². The van der Waals surface area contributed by atoms with E-state index in [1.54, 1.807) is 12.1 Å². The average molecular weight is 649 g/mol. The summed E-state index contributed by atoms with van der Waals surface area (Å²) >= 11 is 0. The predicted octanol–water partition coefficient (Wildman–Crippen LogP) is 2.02. The molecular weight excluding hydrogens is 608 g/mol. The Balaban J connectivity index is 1.51. The molecule has 2 aliphatic heterocycles. The highest BCUT2D eigenvalue weighted by molar-refractivity contribution is 6.15. The zero-order valence-corrected chi connectivity index (χ0v) is 26.6. The number of Topliss-reactive ketones (excluding diaryl/α,β-unsaturated/α-hetero) is 1. The first-order valence-electron chi connectivity index (χ1n) is 15.6. The molecular formula is C33H40N6O8. The Labute approximate surface area is 272 Å². The van der Waals surface area contributed by atoms with Crippen LogP contribution in [0.25, 0.3) is 0 Å². The lowest BCUT2D eigenvalue weighted by molar-refractivity contribution is -0.384. The molecule has 2 saturated heterocycles. The largest absolute Gasteiger partial charge is 0.342 e. The minimum absolute atomic E-state index is 0.0161. The number of nitrogens with one attached hydrogen (secondary N) is 4. The molecule has 2 aromatic carbocycles. The van der Waals surface area contributed by atoms with E-state index in [1.165, 1.54) is 36.1 Å². The number of nitrogens with zero attached hydrogens (tertiary/aromatic N) is 2. The molecule has 4 atom stereocenters.